The highest BCUT2D eigenvalue weighted by atomic mass is 16.5. The Bertz CT molecular complexity index is 668. The molecule has 0 aliphatic carbocycles. The van der Waals surface area contributed by atoms with Crippen LogP contribution < -0.4 is 15.4 Å². The van der Waals surface area contributed by atoms with Crippen molar-refractivity contribution in [1.29, 1.82) is 0 Å². The zero-order valence-corrected chi connectivity index (χ0v) is 13.9. The first-order valence-corrected chi connectivity index (χ1v) is 7.60. The van der Waals surface area contributed by atoms with Crippen molar-refractivity contribution < 1.29 is 14.3 Å². The van der Waals surface area contributed by atoms with Crippen LogP contribution in [-0.2, 0) is 4.79 Å². The Hall–Kier alpha value is -2.90. The van der Waals surface area contributed by atoms with Gasteiger partial charge in [-0.1, -0.05) is 13.8 Å². The van der Waals surface area contributed by atoms with Crippen molar-refractivity contribution in [3.05, 3.63) is 36.3 Å². The number of nitrogens with zero attached hydrogens (tertiary/aromatic N) is 2. The summed E-state index contributed by atoms with van der Waals surface area (Å²) in [5.41, 5.74) is 0.221. The molecule has 0 aliphatic heterocycles. The third-order valence-corrected chi connectivity index (χ3v) is 3.29. The number of amides is 2. The number of aromatic nitrogens is 3. The van der Waals surface area contributed by atoms with Gasteiger partial charge in [0.1, 0.15) is 23.3 Å². The van der Waals surface area contributed by atoms with E-state index in [-0.39, 0.29) is 17.5 Å². The molecule has 1 unspecified atom stereocenters. The molecule has 0 radical (unpaired) electrons. The number of aromatic amines is 1. The van der Waals surface area contributed by atoms with Crippen LogP contribution in [0.1, 0.15) is 30.8 Å². The highest BCUT2D eigenvalue weighted by Crippen LogP contribution is 2.11. The number of ether oxygens (including phenoxy) is 1. The smallest absolute Gasteiger partial charge is 0.270 e. The van der Waals surface area contributed by atoms with Crippen LogP contribution >= 0.6 is 0 Å². The molecular weight excluding hydrogens is 310 g/mol. The molecule has 0 bridgehead atoms. The van der Waals surface area contributed by atoms with Gasteiger partial charge in [-0.2, -0.15) is 5.10 Å². The molecule has 3 N–H and O–H groups in total. The van der Waals surface area contributed by atoms with Gasteiger partial charge < -0.3 is 15.4 Å². The van der Waals surface area contributed by atoms with Crippen LogP contribution in [0.3, 0.4) is 0 Å². The van der Waals surface area contributed by atoms with Gasteiger partial charge in [-0.25, -0.2) is 4.98 Å². The van der Waals surface area contributed by atoms with Crippen molar-refractivity contribution in [2.45, 2.75) is 26.3 Å². The quantitative estimate of drug-likeness (QED) is 0.714. The third-order valence-electron chi connectivity index (χ3n) is 3.29. The molecular formula is C16H21N5O3. The summed E-state index contributed by atoms with van der Waals surface area (Å²) in [6.07, 6.45) is 3.49. The van der Waals surface area contributed by atoms with Crippen LogP contribution in [-0.4, -0.2) is 40.1 Å². The van der Waals surface area contributed by atoms with Crippen molar-refractivity contribution in [3.8, 4) is 5.75 Å². The van der Waals surface area contributed by atoms with Gasteiger partial charge in [0.15, 0.2) is 0 Å². The Labute approximate surface area is 140 Å². The normalized spacial score (nSPS) is 11.8. The summed E-state index contributed by atoms with van der Waals surface area (Å²) in [6, 6.07) is 4.15. The zero-order chi connectivity index (χ0) is 17.5. The molecule has 8 heteroatoms. The summed E-state index contributed by atoms with van der Waals surface area (Å²) in [5.74, 6) is 0.539. The third kappa shape index (κ3) is 4.80. The summed E-state index contributed by atoms with van der Waals surface area (Å²) in [5, 5.41) is 11.8. The number of rotatable bonds is 7. The molecule has 0 spiro atoms. The van der Waals surface area contributed by atoms with Gasteiger partial charge >= 0.3 is 0 Å². The van der Waals surface area contributed by atoms with Crippen LogP contribution in [0.15, 0.2) is 30.6 Å². The lowest BCUT2D eigenvalue weighted by atomic mass is 10.0. The molecule has 2 heterocycles. The summed E-state index contributed by atoms with van der Waals surface area (Å²) >= 11 is 0. The van der Waals surface area contributed by atoms with Crippen molar-refractivity contribution in [2.24, 2.45) is 5.92 Å². The number of methoxy groups -OCH3 is 1. The van der Waals surface area contributed by atoms with Crippen molar-refractivity contribution in [2.75, 3.05) is 12.4 Å². The second kappa shape index (κ2) is 8.09. The molecule has 2 amide bonds. The van der Waals surface area contributed by atoms with Crippen molar-refractivity contribution in [1.82, 2.24) is 20.5 Å². The van der Waals surface area contributed by atoms with Crippen molar-refractivity contribution in [3.63, 3.8) is 0 Å². The predicted octanol–water partition coefficient (Wildman–Crippen LogP) is 1.60. The lowest BCUT2D eigenvalue weighted by Gasteiger charge is -2.19. The molecule has 2 aromatic rings. The first kappa shape index (κ1) is 17.5. The number of carbonyl (C=O) groups is 2. The van der Waals surface area contributed by atoms with E-state index in [2.05, 4.69) is 25.8 Å². The number of pyridine rings is 1. The highest BCUT2D eigenvalue weighted by molar-refractivity contribution is 6.00. The van der Waals surface area contributed by atoms with Crippen molar-refractivity contribution >= 4 is 17.6 Å². The van der Waals surface area contributed by atoms with E-state index in [1.54, 1.807) is 18.2 Å². The van der Waals surface area contributed by atoms with E-state index in [4.69, 9.17) is 4.74 Å². The van der Waals surface area contributed by atoms with Gasteiger partial charge in [-0.15, -0.1) is 0 Å². The SMILES string of the molecule is COc1ccc(C(=O)NC(CC(C)C)C(=O)Nc2ccn[nH]2)nc1. The van der Waals surface area contributed by atoms with Crippen LogP contribution in [0.25, 0.3) is 0 Å². The van der Waals surface area contributed by atoms with E-state index in [9.17, 15) is 9.59 Å². The molecule has 24 heavy (non-hydrogen) atoms. The second-order valence-electron chi connectivity index (χ2n) is 5.70. The largest absolute Gasteiger partial charge is 0.495 e. The molecule has 0 aromatic carbocycles. The van der Waals surface area contributed by atoms with Crippen LogP contribution in [0.4, 0.5) is 5.82 Å². The van der Waals surface area contributed by atoms with Crippen LogP contribution in [0, 0.1) is 5.92 Å². The summed E-state index contributed by atoms with van der Waals surface area (Å²) in [6.45, 7) is 3.96. The Morgan fingerprint density at radius 1 is 1.29 bits per heavy atom. The number of carbonyl (C=O) groups excluding carboxylic acids is 2. The highest BCUT2D eigenvalue weighted by Gasteiger charge is 2.23. The fourth-order valence-corrected chi connectivity index (χ4v) is 2.12. The minimum absolute atomic E-state index is 0.221. The number of H-pyrrole nitrogens is 1. The standard InChI is InChI=1S/C16H21N5O3/c1-10(2)8-13(16(23)20-14-6-7-18-21-14)19-15(22)12-5-4-11(24-3)9-17-12/h4-7,9-10,13H,8H2,1-3H3,(H,19,22)(H2,18,20,21,23). The van der Waals surface area contributed by atoms with Gasteiger partial charge in [0.05, 0.1) is 19.5 Å². The second-order valence-corrected chi connectivity index (χ2v) is 5.70. The van der Waals surface area contributed by atoms with E-state index >= 15 is 0 Å². The van der Waals surface area contributed by atoms with E-state index < -0.39 is 11.9 Å². The first-order chi connectivity index (χ1) is 11.5. The molecule has 128 valence electrons. The molecule has 0 saturated heterocycles. The summed E-state index contributed by atoms with van der Waals surface area (Å²) in [7, 11) is 1.52. The lowest BCUT2D eigenvalue weighted by molar-refractivity contribution is -0.118. The van der Waals surface area contributed by atoms with E-state index in [0.717, 1.165) is 0 Å². The predicted molar refractivity (Wildman–Crippen MR) is 88.7 cm³/mol. The molecule has 0 fully saturated rings. The molecule has 1 atom stereocenters. The molecule has 0 saturated carbocycles. The molecule has 2 rings (SSSR count). The van der Waals surface area contributed by atoms with E-state index in [0.29, 0.717) is 18.0 Å². The fourth-order valence-electron chi connectivity index (χ4n) is 2.12. The maximum Gasteiger partial charge on any atom is 0.270 e. The molecule has 8 nitrogen and oxygen atoms in total. The topological polar surface area (TPSA) is 109 Å². The number of hydrogen-bond acceptors (Lipinski definition) is 5. The lowest BCUT2D eigenvalue weighted by Crippen LogP contribution is -2.44. The molecule has 0 aliphatic rings. The average Bonchev–Trinajstić information content (AvgIpc) is 3.06. The summed E-state index contributed by atoms with van der Waals surface area (Å²) in [4.78, 5) is 28.8. The molecule has 2 aromatic heterocycles. The Balaban J connectivity index is 2.06. The maximum atomic E-state index is 12.4. The fraction of sp³-hybridized carbons (Fsp3) is 0.375. The Morgan fingerprint density at radius 3 is 2.62 bits per heavy atom. The summed E-state index contributed by atoms with van der Waals surface area (Å²) < 4.78 is 5.01. The Kier molecular flexibility index (Phi) is 5.89. The monoisotopic (exact) mass is 331 g/mol. The van der Waals surface area contributed by atoms with Gasteiger partial charge in [-0.05, 0) is 24.5 Å². The van der Waals surface area contributed by atoms with E-state index in [1.165, 1.54) is 19.5 Å². The average molecular weight is 331 g/mol. The minimum atomic E-state index is -0.676. The maximum absolute atomic E-state index is 12.4. The van der Waals surface area contributed by atoms with Gasteiger partial charge in [0.25, 0.3) is 5.91 Å². The van der Waals surface area contributed by atoms with Gasteiger partial charge in [0, 0.05) is 6.07 Å². The zero-order valence-electron chi connectivity index (χ0n) is 13.9. The number of anilines is 1. The van der Waals surface area contributed by atoms with Gasteiger partial charge in [0.2, 0.25) is 5.91 Å². The first-order valence-electron chi connectivity index (χ1n) is 7.60. The Morgan fingerprint density at radius 2 is 2.08 bits per heavy atom. The van der Waals surface area contributed by atoms with Crippen LogP contribution in [0.2, 0.25) is 0 Å². The van der Waals surface area contributed by atoms with Gasteiger partial charge in [-0.3, -0.25) is 14.7 Å². The van der Waals surface area contributed by atoms with Crippen LogP contribution in [0.5, 0.6) is 5.75 Å². The number of nitrogens with one attached hydrogen (secondary N) is 3. The van der Waals surface area contributed by atoms with E-state index in [1.807, 2.05) is 13.8 Å². The minimum Gasteiger partial charge on any atom is -0.495 e. The number of hydrogen-bond donors (Lipinski definition) is 3.